The number of hydrogen-bond donors (Lipinski definition) is 6. The van der Waals surface area contributed by atoms with Crippen molar-refractivity contribution in [2.45, 2.75) is 62.7 Å². The lowest BCUT2D eigenvalue weighted by Crippen LogP contribution is -2.46. The molecule has 4 aliphatic rings. The molecule has 6 aromatic rings. The van der Waals surface area contributed by atoms with Gasteiger partial charge in [0.25, 0.3) is 22.9 Å². The number of benzene rings is 2. The van der Waals surface area contributed by atoms with Crippen LogP contribution in [0.2, 0.25) is 8.67 Å². The van der Waals surface area contributed by atoms with Crippen molar-refractivity contribution in [2.24, 2.45) is 11.8 Å². The average molecular weight is 1140 g/mol. The highest BCUT2D eigenvalue weighted by molar-refractivity contribution is 7.18. The fourth-order valence-electron chi connectivity index (χ4n) is 9.21. The molecule has 24 heteroatoms. The normalized spacial score (nSPS) is 19.0. The molecule has 408 valence electrons. The summed E-state index contributed by atoms with van der Waals surface area (Å²) in [5.74, 6) is -2.41. The zero-order valence-electron chi connectivity index (χ0n) is 41.7. The Bertz CT molecular complexity index is 3130. The number of amides is 6. The molecule has 6 N–H and O–H groups in total. The van der Waals surface area contributed by atoms with Gasteiger partial charge in [-0.1, -0.05) is 35.3 Å². The molecule has 2 saturated heterocycles. The summed E-state index contributed by atoms with van der Waals surface area (Å²) in [4.78, 5) is 105. The molecule has 0 bridgehead atoms. The monoisotopic (exact) mass is 1140 g/mol. The topological polar surface area (TPSA) is 225 Å². The largest absolute Gasteiger partial charge is 0.354 e. The molecule has 2 aromatic carbocycles. The highest BCUT2D eigenvalue weighted by Crippen LogP contribution is 2.30. The quantitative estimate of drug-likeness (QED) is 0.0584. The van der Waals surface area contributed by atoms with Crippen molar-refractivity contribution in [1.29, 1.82) is 0 Å². The van der Waals surface area contributed by atoms with E-state index in [1.165, 1.54) is 70.1 Å². The number of pyridine rings is 2. The minimum Gasteiger partial charge on any atom is -0.354 e. The van der Waals surface area contributed by atoms with Gasteiger partial charge in [-0.15, -0.1) is 22.7 Å². The van der Waals surface area contributed by atoms with E-state index in [1.54, 1.807) is 58.3 Å². The Hall–Kier alpha value is -7.08. The van der Waals surface area contributed by atoms with Crippen molar-refractivity contribution in [3.8, 4) is 11.4 Å². The lowest BCUT2D eigenvalue weighted by Gasteiger charge is -2.23. The molecule has 6 amide bonds. The molecule has 2 aliphatic heterocycles. The molecule has 78 heavy (non-hydrogen) atoms. The number of halogens is 4. The van der Waals surface area contributed by atoms with Gasteiger partial charge in [-0.2, -0.15) is 0 Å². The van der Waals surface area contributed by atoms with Gasteiger partial charge in [0.1, 0.15) is 11.6 Å². The van der Waals surface area contributed by atoms with Crippen LogP contribution in [0.5, 0.6) is 0 Å². The molecule has 0 radical (unpaired) electrons. The van der Waals surface area contributed by atoms with Crippen LogP contribution in [0.4, 0.5) is 20.2 Å². The number of likely N-dealkylation sites (tertiary alicyclic amines) is 2. The molecule has 4 atom stereocenters. The smallest absolute Gasteiger partial charge is 0.261 e. The second kappa shape index (κ2) is 25.1. The van der Waals surface area contributed by atoms with Crippen molar-refractivity contribution in [3.63, 3.8) is 0 Å². The van der Waals surface area contributed by atoms with E-state index in [9.17, 15) is 47.1 Å². The number of carbonyl (C=O) groups excluding carboxylic acids is 6. The summed E-state index contributed by atoms with van der Waals surface area (Å²) >= 11 is 14.2. The van der Waals surface area contributed by atoms with E-state index in [0.717, 1.165) is 48.4 Å². The fourth-order valence-corrected chi connectivity index (χ4v) is 11.1. The first-order chi connectivity index (χ1) is 37.5. The first kappa shape index (κ1) is 55.7. The Morgan fingerprint density at radius 3 is 1.31 bits per heavy atom. The average Bonchev–Trinajstić information content (AvgIpc) is 4.26. The van der Waals surface area contributed by atoms with Crippen LogP contribution in [0, 0.1) is 23.5 Å². The Morgan fingerprint density at radius 1 is 0.551 bits per heavy atom. The molecule has 0 unspecified atom stereocenters. The van der Waals surface area contributed by atoms with Crippen LogP contribution in [0.15, 0.2) is 119 Å². The van der Waals surface area contributed by atoms with E-state index in [2.05, 4.69) is 31.9 Å². The van der Waals surface area contributed by atoms with Crippen molar-refractivity contribution in [2.75, 3.05) is 49.9 Å². The maximum absolute atomic E-state index is 14.8. The van der Waals surface area contributed by atoms with E-state index in [1.807, 2.05) is 0 Å². The predicted octanol–water partition coefficient (Wildman–Crippen LogP) is 6.06. The number of aromatic nitrogens is 2. The first-order valence-electron chi connectivity index (χ1n) is 25.2. The third-order valence-electron chi connectivity index (χ3n) is 13.5. The van der Waals surface area contributed by atoms with Crippen molar-refractivity contribution < 1.29 is 37.5 Å². The van der Waals surface area contributed by atoms with Gasteiger partial charge in [0.15, 0.2) is 0 Å². The minimum absolute atomic E-state index is 0.0407. The molecular formula is C54H54Cl2F2N10O8S2. The molecule has 2 aliphatic carbocycles. The molecule has 4 aromatic heterocycles. The maximum atomic E-state index is 14.8. The van der Waals surface area contributed by atoms with Gasteiger partial charge >= 0.3 is 0 Å². The summed E-state index contributed by atoms with van der Waals surface area (Å²) in [5.41, 5.74) is -0.0421. The fraction of sp³-hybridized carbons (Fsp3) is 0.333. The summed E-state index contributed by atoms with van der Waals surface area (Å²) in [5, 5.41) is 16.9. The van der Waals surface area contributed by atoms with Crippen LogP contribution in [0.25, 0.3) is 11.4 Å². The van der Waals surface area contributed by atoms with Crippen LogP contribution in [0.3, 0.4) is 0 Å². The number of anilines is 2. The summed E-state index contributed by atoms with van der Waals surface area (Å²) in [6.07, 6.45) is 8.07. The number of rotatable bonds is 18. The maximum Gasteiger partial charge on any atom is 0.261 e. The van der Waals surface area contributed by atoms with E-state index in [4.69, 9.17) is 23.2 Å². The van der Waals surface area contributed by atoms with Gasteiger partial charge < -0.3 is 31.9 Å². The highest BCUT2D eigenvalue weighted by Gasteiger charge is 2.41. The molecule has 18 nitrogen and oxygen atoms in total. The van der Waals surface area contributed by atoms with Gasteiger partial charge in [-0.05, 0) is 111 Å². The minimum atomic E-state index is -0.698. The van der Waals surface area contributed by atoms with Crippen LogP contribution >= 0.6 is 45.9 Å². The summed E-state index contributed by atoms with van der Waals surface area (Å²) in [6.45, 7) is 1.39. The Labute approximate surface area is 464 Å². The Kier molecular flexibility index (Phi) is 17.9. The summed E-state index contributed by atoms with van der Waals surface area (Å²) in [6, 6.07) is 22.0. The lowest BCUT2D eigenvalue weighted by molar-refractivity contribution is -0.128. The molecule has 2 saturated carbocycles. The number of nitrogens with one attached hydrogen (secondary N) is 6. The van der Waals surface area contributed by atoms with Crippen LogP contribution < -0.4 is 43.0 Å². The van der Waals surface area contributed by atoms with Crippen LogP contribution in [0.1, 0.15) is 57.9 Å². The number of carbonyl (C=O) groups is 6. The van der Waals surface area contributed by atoms with E-state index < -0.39 is 35.5 Å². The van der Waals surface area contributed by atoms with Gasteiger partial charge in [-0.25, -0.2) is 8.78 Å². The second-order valence-corrected chi connectivity index (χ2v) is 23.0. The SMILES string of the molecule is O=C(CN1C[C@H](NC(=O)c2ccc(Cl)s2)C[C@@H]1C(=O)NCC1CC1)Nc1ccc(-n2ccccc2=O)cc1F.O=C(CN1C[C@H](NC(=O)c2ccc(Cl)s2)C[C@H]1C(=O)NCC1CC1)Nc1ccc(-n2ccccc2=O)cc1F. The summed E-state index contributed by atoms with van der Waals surface area (Å²) in [7, 11) is 0. The standard InChI is InChI=1S/2C27H27ClFN5O4S/c2*28-23-9-8-22(39-23)27(38)31-17-11-21(26(37)30-13-16-4-5-16)33(14-17)15-24(35)32-20-7-6-18(12-19(20)29)34-10-2-1-3-25(34)36/h2*1-3,6-10,12,16-17,21H,4-5,11,13-15H2,(H,30,37)(H,31,38)(H,32,35)/t17-,21+;17-,21-/m11/s1. The number of nitrogens with zero attached hydrogens (tertiary/aromatic N) is 4. The zero-order valence-corrected chi connectivity index (χ0v) is 44.9. The molecule has 10 rings (SSSR count). The number of hydrogen-bond acceptors (Lipinski definition) is 12. The first-order valence-corrected chi connectivity index (χ1v) is 27.6. The van der Waals surface area contributed by atoms with Crippen LogP contribution in [-0.4, -0.2) is 118 Å². The summed E-state index contributed by atoms with van der Waals surface area (Å²) < 4.78 is 33.3. The second-order valence-electron chi connectivity index (χ2n) is 19.5. The molecular weight excluding hydrogens is 1090 g/mol. The zero-order chi connectivity index (χ0) is 55.0. The van der Waals surface area contributed by atoms with Gasteiger partial charge in [-0.3, -0.25) is 57.3 Å². The van der Waals surface area contributed by atoms with E-state index in [0.29, 0.717) is 67.6 Å². The Balaban J connectivity index is 0.000000190. The van der Waals surface area contributed by atoms with E-state index in [-0.39, 0.29) is 84.4 Å². The molecule has 4 fully saturated rings. The van der Waals surface area contributed by atoms with Crippen molar-refractivity contribution in [3.05, 3.63) is 160 Å². The van der Waals surface area contributed by atoms with Gasteiger partial charge in [0, 0.05) is 74.9 Å². The predicted molar refractivity (Wildman–Crippen MR) is 294 cm³/mol. The van der Waals surface area contributed by atoms with Gasteiger partial charge in [0.05, 0.1) is 66.3 Å². The Morgan fingerprint density at radius 2 is 0.962 bits per heavy atom. The van der Waals surface area contributed by atoms with Crippen molar-refractivity contribution >= 4 is 92.7 Å². The highest BCUT2D eigenvalue weighted by atomic mass is 35.5. The van der Waals surface area contributed by atoms with Gasteiger partial charge in [0.2, 0.25) is 23.6 Å². The third-order valence-corrected chi connectivity index (χ3v) is 16.0. The molecule has 0 spiro atoms. The van der Waals surface area contributed by atoms with Crippen molar-refractivity contribution in [1.82, 2.24) is 40.2 Å². The number of thiophene rings is 2. The third kappa shape index (κ3) is 14.7. The van der Waals surface area contributed by atoms with E-state index >= 15 is 0 Å². The molecule has 6 heterocycles. The van der Waals surface area contributed by atoms with Crippen LogP contribution in [-0.2, 0) is 19.2 Å². The lowest BCUT2D eigenvalue weighted by atomic mass is 10.1.